The number of benzene rings is 1. The van der Waals surface area contributed by atoms with Crippen LogP contribution in [0, 0.1) is 0 Å². The van der Waals surface area contributed by atoms with E-state index in [0.717, 1.165) is 5.56 Å². The second-order valence-electron chi connectivity index (χ2n) is 2.57. The van der Waals surface area contributed by atoms with E-state index < -0.39 is 6.10 Å². The molecule has 62 valence electrons. The van der Waals surface area contributed by atoms with E-state index >= 15 is 0 Å². The highest BCUT2D eigenvalue weighted by molar-refractivity contribution is 5.67. The molecule has 0 heterocycles. The largest absolute Gasteiger partial charge is 0.384 e. The van der Waals surface area contributed by atoms with Gasteiger partial charge in [0.2, 0.25) is 0 Å². The number of aliphatic hydroxyl groups excluding tert-OH is 1. The van der Waals surface area contributed by atoms with Crippen LogP contribution in [0.3, 0.4) is 0 Å². The van der Waals surface area contributed by atoms with Crippen molar-refractivity contribution in [3.05, 3.63) is 55.1 Å². The fourth-order valence-corrected chi connectivity index (χ4v) is 0.965. The van der Waals surface area contributed by atoms with Crippen LogP contribution in [-0.4, -0.2) is 11.2 Å². The maximum Gasteiger partial charge on any atom is 0.0969 e. The Morgan fingerprint density at radius 3 is 2.42 bits per heavy atom. The summed E-state index contributed by atoms with van der Waals surface area (Å²) in [5.41, 5.74) is 1.63. The molecule has 0 saturated heterocycles. The molecule has 1 nitrogen and oxygen atoms in total. The van der Waals surface area contributed by atoms with Crippen molar-refractivity contribution in [1.82, 2.24) is 0 Å². The van der Waals surface area contributed by atoms with E-state index in [1.54, 1.807) is 0 Å². The van der Waals surface area contributed by atoms with Crippen LogP contribution in [0.5, 0.6) is 0 Å². The molecule has 1 aromatic carbocycles. The van der Waals surface area contributed by atoms with E-state index in [-0.39, 0.29) is 0 Å². The summed E-state index contributed by atoms with van der Waals surface area (Å²) in [6.45, 7) is 7.27. The van der Waals surface area contributed by atoms with Crippen LogP contribution < -0.4 is 0 Å². The second kappa shape index (κ2) is 3.88. The first-order chi connectivity index (χ1) is 5.75. The fourth-order valence-electron chi connectivity index (χ4n) is 0.965. The zero-order valence-corrected chi connectivity index (χ0v) is 6.90. The third-order valence-corrected chi connectivity index (χ3v) is 1.72. The lowest BCUT2D eigenvalue weighted by Gasteiger charge is -2.08. The highest BCUT2D eigenvalue weighted by Gasteiger charge is 2.04. The molecule has 1 rings (SSSR count). The van der Waals surface area contributed by atoms with Crippen LogP contribution in [0.2, 0.25) is 0 Å². The minimum atomic E-state index is -0.646. The SMILES string of the molecule is C=CC(O)C(=C)c1ccccc1. The Bertz CT molecular complexity index is 274. The van der Waals surface area contributed by atoms with Gasteiger partial charge in [0.15, 0.2) is 0 Å². The minimum absolute atomic E-state index is 0.646. The highest BCUT2D eigenvalue weighted by Crippen LogP contribution is 2.15. The normalized spacial score (nSPS) is 12.1. The summed E-state index contributed by atoms with van der Waals surface area (Å²) in [5, 5.41) is 9.36. The lowest BCUT2D eigenvalue weighted by atomic mass is 10.0. The van der Waals surface area contributed by atoms with Gasteiger partial charge >= 0.3 is 0 Å². The zero-order chi connectivity index (χ0) is 8.97. The van der Waals surface area contributed by atoms with E-state index in [2.05, 4.69) is 13.2 Å². The Balaban J connectivity index is 2.85. The van der Waals surface area contributed by atoms with Crippen LogP contribution in [-0.2, 0) is 0 Å². The summed E-state index contributed by atoms with van der Waals surface area (Å²) in [5.74, 6) is 0. The standard InChI is InChI=1S/C11H12O/c1-3-11(12)9(2)10-7-5-4-6-8-10/h3-8,11-12H,1-2H2. The Hall–Kier alpha value is -1.34. The maximum atomic E-state index is 9.36. The topological polar surface area (TPSA) is 20.2 Å². The van der Waals surface area contributed by atoms with Crippen molar-refractivity contribution in [2.75, 3.05) is 0 Å². The maximum absolute atomic E-state index is 9.36. The van der Waals surface area contributed by atoms with Gasteiger partial charge in [-0.1, -0.05) is 43.0 Å². The third kappa shape index (κ3) is 1.83. The molecule has 12 heavy (non-hydrogen) atoms. The first-order valence-electron chi connectivity index (χ1n) is 3.80. The number of hydrogen-bond donors (Lipinski definition) is 1. The predicted octanol–water partition coefficient (Wildman–Crippen LogP) is 2.25. The molecular formula is C11H12O. The zero-order valence-electron chi connectivity index (χ0n) is 6.90. The Kier molecular flexibility index (Phi) is 2.83. The summed E-state index contributed by atoms with van der Waals surface area (Å²) in [7, 11) is 0. The van der Waals surface area contributed by atoms with E-state index in [9.17, 15) is 5.11 Å². The first kappa shape index (κ1) is 8.75. The van der Waals surface area contributed by atoms with Gasteiger partial charge in [0.05, 0.1) is 6.10 Å². The molecular weight excluding hydrogens is 148 g/mol. The second-order valence-corrected chi connectivity index (χ2v) is 2.57. The quantitative estimate of drug-likeness (QED) is 0.672. The molecule has 0 saturated carbocycles. The predicted molar refractivity (Wildman–Crippen MR) is 51.7 cm³/mol. The van der Waals surface area contributed by atoms with Crippen LogP contribution in [0.1, 0.15) is 5.56 Å². The van der Waals surface area contributed by atoms with Crippen molar-refractivity contribution in [2.45, 2.75) is 6.10 Å². The summed E-state index contributed by atoms with van der Waals surface area (Å²) >= 11 is 0. The van der Waals surface area contributed by atoms with E-state index in [1.807, 2.05) is 30.3 Å². The van der Waals surface area contributed by atoms with Gasteiger partial charge < -0.3 is 5.11 Å². The highest BCUT2D eigenvalue weighted by atomic mass is 16.3. The average Bonchev–Trinajstić information content (AvgIpc) is 2.17. The lowest BCUT2D eigenvalue weighted by Crippen LogP contribution is -2.03. The van der Waals surface area contributed by atoms with Crippen LogP contribution in [0.25, 0.3) is 5.57 Å². The summed E-state index contributed by atoms with van der Waals surface area (Å²) in [6, 6.07) is 9.58. The molecule has 1 aromatic rings. The van der Waals surface area contributed by atoms with Crippen molar-refractivity contribution >= 4 is 5.57 Å². The van der Waals surface area contributed by atoms with Gasteiger partial charge in [-0.2, -0.15) is 0 Å². The summed E-state index contributed by atoms with van der Waals surface area (Å²) in [4.78, 5) is 0. The van der Waals surface area contributed by atoms with Crippen molar-refractivity contribution in [3.63, 3.8) is 0 Å². The van der Waals surface area contributed by atoms with Crippen molar-refractivity contribution in [2.24, 2.45) is 0 Å². The van der Waals surface area contributed by atoms with Crippen molar-refractivity contribution < 1.29 is 5.11 Å². The molecule has 1 heteroatoms. The average molecular weight is 160 g/mol. The van der Waals surface area contributed by atoms with E-state index in [4.69, 9.17) is 0 Å². The summed E-state index contributed by atoms with van der Waals surface area (Å²) in [6.07, 6.45) is 0.822. The monoisotopic (exact) mass is 160 g/mol. The van der Waals surface area contributed by atoms with Gasteiger partial charge in [-0.25, -0.2) is 0 Å². The van der Waals surface area contributed by atoms with Crippen LogP contribution in [0.4, 0.5) is 0 Å². The smallest absolute Gasteiger partial charge is 0.0969 e. The first-order valence-corrected chi connectivity index (χ1v) is 3.80. The lowest BCUT2D eigenvalue weighted by molar-refractivity contribution is 0.281. The van der Waals surface area contributed by atoms with Crippen LogP contribution in [0.15, 0.2) is 49.6 Å². The molecule has 0 bridgehead atoms. The molecule has 0 aliphatic carbocycles. The Labute approximate surface area is 72.7 Å². The van der Waals surface area contributed by atoms with Gasteiger partial charge in [0, 0.05) is 0 Å². The van der Waals surface area contributed by atoms with E-state index in [0.29, 0.717) is 5.57 Å². The molecule has 0 radical (unpaired) electrons. The van der Waals surface area contributed by atoms with E-state index in [1.165, 1.54) is 6.08 Å². The van der Waals surface area contributed by atoms with Gasteiger partial charge in [0.1, 0.15) is 0 Å². The van der Waals surface area contributed by atoms with Gasteiger partial charge in [-0.15, -0.1) is 6.58 Å². The molecule has 1 unspecified atom stereocenters. The number of aliphatic hydroxyl groups is 1. The van der Waals surface area contributed by atoms with Crippen LogP contribution >= 0.6 is 0 Å². The number of hydrogen-bond acceptors (Lipinski definition) is 1. The Morgan fingerprint density at radius 2 is 1.92 bits per heavy atom. The molecule has 0 amide bonds. The van der Waals surface area contributed by atoms with Crippen molar-refractivity contribution in [1.29, 1.82) is 0 Å². The van der Waals surface area contributed by atoms with Gasteiger partial charge in [0.25, 0.3) is 0 Å². The number of rotatable bonds is 3. The third-order valence-electron chi connectivity index (χ3n) is 1.72. The fraction of sp³-hybridized carbons (Fsp3) is 0.0909. The van der Waals surface area contributed by atoms with Crippen molar-refractivity contribution in [3.8, 4) is 0 Å². The van der Waals surface area contributed by atoms with Gasteiger partial charge in [-0.3, -0.25) is 0 Å². The molecule has 0 aliphatic heterocycles. The molecule has 1 atom stereocenters. The Morgan fingerprint density at radius 1 is 1.33 bits per heavy atom. The molecule has 0 fully saturated rings. The molecule has 1 N–H and O–H groups in total. The summed E-state index contributed by atoms with van der Waals surface area (Å²) < 4.78 is 0. The van der Waals surface area contributed by atoms with Gasteiger partial charge in [-0.05, 0) is 11.1 Å². The minimum Gasteiger partial charge on any atom is -0.384 e. The molecule has 0 aromatic heterocycles. The molecule has 0 aliphatic rings. The molecule has 0 spiro atoms.